The van der Waals surface area contributed by atoms with Crippen molar-refractivity contribution in [1.29, 1.82) is 5.26 Å². The Labute approximate surface area is 149 Å². The number of amidine groups is 1. The second-order valence-electron chi connectivity index (χ2n) is 4.38. The lowest BCUT2D eigenvalue weighted by Gasteiger charge is -2.08. The summed E-state index contributed by atoms with van der Waals surface area (Å²) < 4.78 is 5.70. The molecule has 2 aromatic carbocycles. The van der Waals surface area contributed by atoms with E-state index in [1.54, 1.807) is 12.1 Å². The van der Waals surface area contributed by atoms with Crippen LogP contribution in [0, 0.1) is 11.5 Å². The van der Waals surface area contributed by atoms with Crippen LogP contribution in [0.15, 0.2) is 47.5 Å². The van der Waals surface area contributed by atoms with E-state index in [0.29, 0.717) is 27.6 Å². The minimum atomic E-state index is 0.352. The van der Waals surface area contributed by atoms with Gasteiger partial charge in [0, 0.05) is 15.6 Å². The zero-order valence-electron chi connectivity index (χ0n) is 12.2. The van der Waals surface area contributed by atoms with Gasteiger partial charge in [-0.05, 0) is 42.7 Å². The number of aliphatic imine (C=N–C) groups is 1. The number of ether oxygens (including phenoxy) is 1. The lowest BCUT2D eigenvalue weighted by atomic mass is 10.2. The van der Waals surface area contributed by atoms with Crippen LogP contribution in [-0.2, 0) is 6.61 Å². The Morgan fingerprint density at radius 1 is 1.26 bits per heavy atom. The van der Waals surface area contributed by atoms with E-state index in [0.717, 1.165) is 11.3 Å². The molecule has 0 unspecified atom stereocenters. The molecule has 0 saturated carbocycles. The number of benzene rings is 2. The summed E-state index contributed by atoms with van der Waals surface area (Å²) in [6.45, 7) is 0.352. The molecular formula is C16H13Cl2N3OS. The van der Waals surface area contributed by atoms with Gasteiger partial charge in [-0.2, -0.15) is 5.26 Å². The lowest BCUT2D eigenvalue weighted by molar-refractivity contribution is 0.306. The van der Waals surface area contributed by atoms with Crippen LogP contribution in [-0.4, -0.2) is 11.4 Å². The van der Waals surface area contributed by atoms with Gasteiger partial charge in [0.25, 0.3) is 0 Å². The smallest absolute Gasteiger partial charge is 0.183 e. The fourth-order valence-electron chi connectivity index (χ4n) is 1.71. The Bertz CT molecular complexity index is 742. The average molecular weight is 366 g/mol. The molecule has 7 heteroatoms. The molecule has 0 heterocycles. The number of nitriles is 1. The molecule has 2 aromatic rings. The third-order valence-electron chi connectivity index (χ3n) is 2.83. The Morgan fingerprint density at radius 3 is 2.61 bits per heavy atom. The van der Waals surface area contributed by atoms with Gasteiger partial charge in [0.15, 0.2) is 11.4 Å². The zero-order chi connectivity index (χ0) is 16.7. The monoisotopic (exact) mass is 365 g/mol. The van der Waals surface area contributed by atoms with Crippen LogP contribution in [0.3, 0.4) is 0 Å². The SMILES string of the molecule is CSC(=Nc1ccc(OCc2ccc(Cl)cc2Cl)cc1)NC#N. The summed E-state index contributed by atoms with van der Waals surface area (Å²) in [5, 5.41) is 12.8. The molecule has 1 N–H and O–H groups in total. The van der Waals surface area contributed by atoms with E-state index in [4.69, 9.17) is 33.2 Å². The Balaban J connectivity index is 2.01. The van der Waals surface area contributed by atoms with Crippen molar-refractivity contribution in [3.8, 4) is 11.9 Å². The highest BCUT2D eigenvalue weighted by molar-refractivity contribution is 8.13. The predicted octanol–water partition coefficient (Wildman–Crippen LogP) is 4.99. The van der Waals surface area contributed by atoms with E-state index in [-0.39, 0.29) is 0 Å². The van der Waals surface area contributed by atoms with Gasteiger partial charge in [-0.1, -0.05) is 41.0 Å². The summed E-state index contributed by atoms with van der Waals surface area (Å²) in [5.41, 5.74) is 1.59. The van der Waals surface area contributed by atoms with Crippen LogP contribution in [0.2, 0.25) is 10.0 Å². The predicted molar refractivity (Wildman–Crippen MR) is 96.6 cm³/mol. The molecule has 0 aliphatic heterocycles. The minimum absolute atomic E-state index is 0.352. The van der Waals surface area contributed by atoms with Crippen molar-refractivity contribution >= 4 is 45.8 Å². The molecule has 2 rings (SSSR count). The number of nitrogens with one attached hydrogen (secondary N) is 1. The number of hydrogen-bond acceptors (Lipinski definition) is 4. The Morgan fingerprint density at radius 2 is 2.00 bits per heavy atom. The fourth-order valence-corrected chi connectivity index (χ4v) is 2.51. The number of thioether (sulfide) groups is 1. The van der Waals surface area contributed by atoms with E-state index in [9.17, 15) is 0 Å². The molecule has 0 bridgehead atoms. The van der Waals surface area contributed by atoms with Crippen molar-refractivity contribution in [2.24, 2.45) is 4.99 Å². The highest BCUT2D eigenvalue weighted by atomic mass is 35.5. The van der Waals surface area contributed by atoms with Gasteiger partial charge < -0.3 is 4.74 Å². The van der Waals surface area contributed by atoms with Crippen molar-refractivity contribution in [1.82, 2.24) is 5.32 Å². The van der Waals surface area contributed by atoms with Crippen LogP contribution < -0.4 is 10.1 Å². The molecule has 118 valence electrons. The molecule has 0 saturated heterocycles. The summed E-state index contributed by atoms with van der Waals surface area (Å²) >= 11 is 13.3. The van der Waals surface area contributed by atoms with Gasteiger partial charge >= 0.3 is 0 Å². The standard InChI is InChI=1S/C16H13Cl2N3OS/c1-23-16(20-10-19)21-13-4-6-14(7-5-13)22-9-11-2-3-12(17)8-15(11)18/h2-8H,9H2,1H3,(H,20,21). The number of rotatable bonds is 4. The number of hydrogen-bond donors (Lipinski definition) is 1. The summed E-state index contributed by atoms with van der Waals surface area (Å²) in [6.07, 6.45) is 3.69. The van der Waals surface area contributed by atoms with Crippen molar-refractivity contribution in [3.05, 3.63) is 58.1 Å². The Hall–Kier alpha value is -1.87. The topological polar surface area (TPSA) is 57.4 Å². The maximum absolute atomic E-state index is 8.61. The summed E-state index contributed by atoms with van der Waals surface area (Å²) in [6, 6.07) is 12.5. The first kappa shape index (κ1) is 17.5. The van der Waals surface area contributed by atoms with Gasteiger partial charge in [0.1, 0.15) is 12.4 Å². The first-order valence-corrected chi connectivity index (χ1v) is 8.55. The molecule has 0 spiro atoms. The quantitative estimate of drug-likeness (QED) is 0.358. The third kappa shape index (κ3) is 5.36. The fraction of sp³-hybridized carbons (Fsp3) is 0.125. The van der Waals surface area contributed by atoms with Crippen LogP contribution >= 0.6 is 35.0 Å². The van der Waals surface area contributed by atoms with Crippen LogP contribution in [0.4, 0.5) is 5.69 Å². The molecule has 0 aromatic heterocycles. The second-order valence-corrected chi connectivity index (χ2v) is 6.01. The van der Waals surface area contributed by atoms with Gasteiger partial charge in [0.05, 0.1) is 5.69 Å². The van der Waals surface area contributed by atoms with Crippen molar-refractivity contribution in [3.63, 3.8) is 0 Å². The highest BCUT2D eigenvalue weighted by Crippen LogP contribution is 2.24. The summed E-state index contributed by atoms with van der Waals surface area (Å²) in [5.74, 6) is 0.703. The van der Waals surface area contributed by atoms with Gasteiger partial charge in [-0.15, -0.1) is 0 Å². The molecule has 0 aliphatic rings. The van der Waals surface area contributed by atoms with Crippen molar-refractivity contribution < 1.29 is 4.74 Å². The molecule has 0 radical (unpaired) electrons. The van der Waals surface area contributed by atoms with E-state index >= 15 is 0 Å². The van der Waals surface area contributed by atoms with Crippen molar-refractivity contribution in [2.75, 3.05) is 6.26 Å². The van der Waals surface area contributed by atoms with Gasteiger partial charge in [-0.3, -0.25) is 5.32 Å². The summed E-state index contributed by atoms with van der Waals surface area (Å²) in [4.78, 5) is 4.30. The number of nitrogens with zero attached hydrogens (tertiary/aromatic N) is 2. The first-order valence-electron chi connectivity index (χ1n) is 6.57. The van der Waals surface area contributed by atoms with E-state index in [1.165, 1.54) is 11.8 Å². The lowest BCUT2D eigenvalue weighted by Crippen LogP contribution is -2.12. The van der Waals surface area contributed by atoms with Gasteiger partial charge in [-0.25, -0.2) is 4.99 Å². The molecule has 4 nitrogen and oxygen atoms in total. The number of halogens is 2. The zero-order valence-corrected chi connectivity index (χ0v) is 14.5. The molecular weight excluding hydrogens is 353 g/mol. The second kappa shape index (κ2) is 8.68. The van der Waals surface area contributed by atoms with Crippen molar-refractivity contribution in [2.45, 2.75) is 6.61 Å². The largest absolute Gasteiger partial charge is 0.489 e. The highest BCUT2D eigenvalue weighted by Gasteiger charge is 2.03. The summed E-state index contributed by atoms with van der Waals surface area (Å²) in [7, 11) is 0. The maximum Gasteiger partial charge on any atom is 0.183 e. The van der Waals surface area contributed by atoms with Gasteiger partial charge in [0.2, 0.25) is 0 Å². The van der Waals surface area contributed by atoms with Crippen LogP contribution in [0.25, 0.3) is 0 Å². The average Bonchev–Trinajstić information content (AvgIpc) is 2.55. The molecule has 23 heavy (non-hydrogen) atoms. The maximum atomic E-state index is 8.61. The van der Waals surface area contributed by atoms with E-state index in [1.807, 2.05) is 42.8 Å². The third-order valence-corrected chi connectivity index (χ3v) is 4.00. The van der Waals surface area contributed by atoms with Crippen LogP contribution in [0.5, 0.6) is 5.75 Å². The van der Waals surface area contributed by atoms with E-state index < -0.39 is 0 Å². The normalized spacial score (nSPS) is 11.0. The molecule has 0 fully saturated rings. The van der Waals surface area contributed by atoms with E-state index in [2.05, 4.69) is 10.3 Å². The Kier molecular flexibility index (Phi) is 6.60. The molecule has 0 amide bonds. The molecule has 0 atom stereocenters. The molecule has 0 aliphatic carbocycles. The minimum Gasteiger partial charge on any atom is -0.489 e. The van der Waals surface area contributed by atoms with Crippen LogP contribution in [0.1, 0.15) is 5.56 Å². The first-order chi connectivity index (χ1) is 11.1.